The molecule has 1 aromatic carbocycles. The van der Waals surface area contributed by atoms with Gasteiger partial charge in [0.05, 0.1) is 6.61 Å². The van der Waals surface area contributed by atoms with Crippen LogP contribution in [0, 0.1) is 0 Å². The second kappa shape index (κ2) is 6.21. The van der Waals surface area contributed by atoms with E-state index in [2.05, 4.69) is 6.58 Å². The van der Waals surface area contributed by atoms with Gasteiger partial charge < -0.3 is 14.2 Å². The molecule has 1 rings (SSSR count). The van der Waals surface area contributed by atoms with Gasteiger partial charge in [0.25, 0.3) is 0 Å². The molecule has 0 aliphatic rings. The Morgan fingerprint density at radius 2 is 1.94 bits per heavy atom. The van der Waals surface area contributed by atoms with Crippen molar-refractivity contribution in [2.75, 3.05) is 6.61 Å². The van der Waals surface area contributed by atoms with Crippen LogP contribution < -0.4 is 4.74 Å². The van der Waals surface area contributed by atoms with Crippen molar-refractivity contribution in [2.45, 2.75) is 26.7 Å². The van der Waals surface area contributed by atoms with Crippen molar-refractivity contribution in [1.82, 2.24) is 0 Å². The molecule has 4 nitrogen and oxygen atoms in total. The maximum atomic E-state index is 11.5. The van der Waals surface area contributed by atoms with Crippen LogP contribution in [0.25, 0.3) is 0 Å². The Bertz CT molecular complexity index is 413. The minimum atomic E-state index is -1.45. The Hall–Kier alpha value is -1.81. The van der Waals surface area contributed by atoms with Crippen molar-refractivity contribution >= 4 is 5.97 Å². The van der Waals surface area contributed by atoms with Crippen LogP contribution in [0.15, 0.2) is 42.5 Å². The minimum absolute atomic E-state index is 0.289. The van der Waals surface area contributed by atoms with Crippen LogP contribution in [0.2, 0.25) is 0 Å². The summed E-state index contributed by atoms with van der Waals surface area (Å²) in [6, 6.07) is 9.02. The first-order valence-corrected chi connectivity index (χ1v) is 5.73. The summed E-state index contributed by atoms with van der Waals surface area (Å²) >= 11 is 0. The molecule has 1 atom stereocenters. The molecule has 0 aliphatic heterocycles. The van der Waals surface area contributed by atoms with Crippen molar-refractivity contribution in [3.8, 4) is 5.75 Å². The maximum Gasteiger partial charge on any atom is 0.370 e. The van der Waals surface area contributed by atoms with Crippen LogP contribution in [0.4, 0.5) is 0 Å². The summed E-state index contributed by atoms with van der Waals surface area (Å²) in [6.45, 7) is 8.78. The zero-order valence-corrected chi connectivity index (χ0v) is 10.9. The average molecular weight is 250 g/mol. The van der Waals surface area contributed by atoms with E-state index in [1.807, 2.05) is 18.2 Å². The molecule has 0 saturated carbocycles. The van der Waals surface area contributed by atoms with Crippen molar-refractivity contribution in [1.29, 1.82) is 0 Å². The lowest BCUT2D eigenvalue weighted by Crippen LogP contribution is -2.41. The SMILES string of the molecule is C=C(C)C(=O)OC(C)(OCC)Oc1ccccc1. The van der Waals surface area contributed by atoms with Gasteiger partial charge >= 0.3 is 11.9 Å². The third kappa shape index (κ3) is 4.22. The number of carbonyl (C=O) groups is 1. The molecule has 0 aromatic heterocycles. The molecule has 4 heteroatoms. The van der Waals surface area contributed by atoms with Crippen LogP contribution in [0.5, 0.6) is 5.75 Å². The van der Waals surface area contributed by atoms with Gasteiger partial charge in [-0.05, 0) is 26.0 Å². The molecular formula is C14H18O4. The van der Waals surface area contributed by atoms with Crippen molar-refractivity contribution < 1.29 is 19.0 Å². The van der Waals surface area contributed by atoms with E-state index in [4.69, 9.17) is 14.2 Å². The van der Waals surface area contributed by atoms with E-state index in [1.165, 1.54) is 0 Å². The second-order valence-corrected chi connectivity index (χ2v) is 3.88. The Kier molecular flexibility index (Phi) is 4.92. The lowest BCUT2D eigenvalue weighted by atomic mass is 10.3. The van der Waals surface area contributed by atoms with Crippen LogP contribution in [-0.2, 0) is 14.3 Å². The van der Waals surface area contributed by atoms with E-state index in [0.29, 0.717) is 12.4 Å². The Morgan fingerprint density at radius 1 is 1.33 bits per heavy atom. The highest BCUT2D eigenvalue weighted by Gasteiger charge is 2.32. The molecule has 18 heavy (non-hydrogen) atoms. The molecule has 0 heterocycles. The zero-order valence-electron chi connectivity index (χ0n) is 10.9. The fourth-order valence-electron chi connectivity index (χ4n) is 1.30. The fourth-order valence-corrected chi connectivity index (χ4v) is 1.30. The number of ether oxygens (including phenoxy) is 3. The lowest BCUT2D eigenvalue weighted by Gasteiger charge is -2.29. The topological polar surface area (TPSA) is 44.8 Å². The van der Waals surface area contributed by atoms with Crippen LogP contribution in [0.3, 0.4) is 0 Å². The summed E-state index contributed by atoms with van der Waals surface area (Å²) in [5.41, 5.74) is 0.289. The van der Waals surface area contributed by atoms with Crippen molar-refractivity contribution in [3.63, 3.8) is 0 Å². The standard InChI is InChI=1S/C14H18O4/c1-5-16-14(4,18-13(15)11(2)3)17-12-9-7-6-8-10-12/h6-10H,2,5H2,1,3-4H3. The van der Waals surface area contributed by atoms with Crippen LogP contribution in [-0.4, -0.2) is 18.5 Å². The van der Waals surface area contributed by atoms with Gasteiger partial charge in [-0.3, -0.25) is 0 Å². The highest BCUT2D eigenvalue weighted by Crippen LogP contribution is 2.21. The molecule has 0 bridgehead atoms. The number of carbonyl (C=O) groups excluding carboxylic acids is 1. The third-order valence-corrected chi connectivity index (χ3v) is 2.08. The van der Waals surface area contributed by atoms with Gasteiger partial charge in [-0.15, -0.1) is 0 Å². The molecule has 0 fully saturated rings. The van der Waals surface area contributed by atoms with Crippen LogP contribution in [0.1, 0.15) is 20.8 Å². The number of rotatable bonds is 6. The summed E-state index contributed by atoms with van der Waals surface area (Å²) in [6.07, 6.45) is 0. The predicted molar refractivity (Wildman–Crippen MR) is 68.0 cm³/mol. The summed E-state index contributed by atoms with van der Waals surface area (Å²) in [5, 5.41) is 0. The van der Waals surface area contributed by atoms with Gasteiger partial charge in [-0.2, -0.15) is 0 Å². The third-order valence-electron chi connectivity index (χ3n) is 2.08. The first-order chi connectivity index (χ1) is 8.47. The Morgan fingerprint density at radius 3 is 2.44 bits per heavy atom. The summed E-state index contributed by atoms with van der Waals surface area (Å²) < 4.78 is 16.1. The first-order valence-electron chi connectivity index (χ1n) is 5.73. The number of benzene rings is 1. The highest BCUT2D eigenvalue weighted by atomic mass is 16.9. The van der Waals surface area contributed by atoms with E-state index in [1.54, 1.807) is 32.9 Å². The van der Waals surface area contributed by atoms with E-state index in [-0.39, 0.29) is 5.57 Å². The highest BCUT2D eigenvalue weighted by molar-refractivity contribution is 5.87. The zero-order chi connectivity index (χ0) is 13.6. The van der Waals surface area contributed by atoms with Crippen molar-refractivity contribution in [3.05, 3.63) is 42.5 Å². The summed E-state index contributed by atoms with van der Waals surface area (Å²) in [5.74, 6) is -1.45. The molecule has 98 valence electrons. The van der Waals surface area contributed by atoms with Gasteiger partial charge in [0.1, 0.15) is 5.75 Å². The van der Waals surface area contributed by atoms with Gasteiger partial charge in [-0.25, -0.2) is 4.79 Å². The molecule has 1 aromatic rings. The maximum absolute atomic E-state index is 11.5. The quantitative estimate of drug-likeness (QED) is 0.442. The van der Waals surface area contributed by atoms with Gasteiger partial charge in [0, 0.05) is 12.5 Å². The smallest absolute Gasteiger partial charge is 0.370 e. The van der Waals surface area contributed by atoms with E-state index >= 15 is 0 Å². The molecule has 1 unspecified atom stereocenters. The molecule has 0 saturated heterocycles. The van der Waals surface area contributed by atoms with Crippen molar-refractivity contribution in [2.24, 2.45) is 0 Å². The second-order valence-electron chi connectivity index (χ2n) is 3.88. The predicted octanol–water partition coefficient (Wildman–Crippen LogP) is 2.89. The Balaban J connectivity index is 2.80. The molecule has 0 radical (unpaired) electrons. The lowest BCUT2D eigenvalue weighted by molar-refractivity contribution is -0.311. The van der Waals surface area contributed by atoms with Gasteiger partial charge in [0.2, 0.25) is 0 Å². The molecule has 0 spiro atoms. The fraction of sp³-hybridized carbons (Fsp3) is 0.357. The number of esters is 1. The monoisotopic (exact) mass is 250 g/mol. The van der Waals surface area contributed by atoms with Gasteiger partial charge in [0.15, 0.2) is 0 Å². The van der Waals surface area contributed by atoms with E-state index < -0.39 is 11.9 Å². The van der Waals surface area contributed by atoms with E-state index in [0.717, 1.165) is 0 Å². The Labute approximate surface area is 107 Å². The normalized spacial score (nSPS) is 13.5. The largest absolute Gasteiger partial charge is 0.430 e. The molecule has 0 N–H and O–H groups in total. The molecular weight excluding hydrogens is 232 g/mol. The summed E-state index contributed by atoms with van der Waals surface area (Å²) in [7, 11) is 0. The van der Waals surface area contributed by atoms with Crippen LogP contribution >= 0.6 is 0 Å². The van der Waals surface area contributed by atoms with Gasteiger partial charge in [-0.1, -0.05) is 24.8 Å². The molecule has 0 amide bonds. The molecule has 0 aliphatic carbocycles. The first kappa shape index (κ1) is 14.3. The number of para-hydroxylation sites is 1. The number of hydrogen-bond donors (Lipinski definition) is 0. The average Bonchev–Trinajstić information content (AvgIpc) is 2.29. The summed E-state index contributed by atoms with van der Waals surface area (Å²) in [4.78, 5) is 11.5. The van der Waals surface area contributed by atoms with E-state index in [9.17, 15) is 4.79 Å². The number of hydrogen-bond acceptors (Lipinski definition) is 4. The minimum Gasteiger partial charge on any atom is -0.430 e.